The fraction of sp³-hybridized carbons (Fsp3) is 0.611. The van der Waals surface area contributed by atoms with Gasteiger partial charge in [-0.2, -0.15) is 4.31 Å². The molecular weight excluding hydrogens is 368 g/mol. The van der Waals surface area contributed by atoms with E-state index < -0.39 is 10.0 Å². The van der Waals surface area contributed by atoms with Gasteiger partial charge in [0.25, 0.3) is 0 Å². The number of carbonyl (C=O) groups is 1. The quantitative estimate of drug-likeness (QED) is 0.678. The monoisotopic (exact) mass is 398 g/mol. The van der Waals surface area contributed by atoms with Crippen molar-refractivity contribution >= 4 is 21.6 Å². The minimum absolute atomic E-state index is 0.137. The molecule has 0 radical (unpaired) electrons. The maximum atomic E-state index is 12.7. The zero-order valence-corrected chi connectivity index (χ0v) is 17.3. The Labute approximate surface area is 161 Å². The van der Waals surface area contributed by atoms with E-state index in [1.54, 1.807) is 19.9 Å². The predicted octanol–water partition coefficient (Wildman–Crippen LogP) is 0.958. The highest BCUT2D eigenvalue weighted by molar-refractivity contribution is 7.89. The molecule has 0 aromatic heterocycles. The van der Waals surface area contributed by atoms with E-state index >= 15 is 0 Å². The van der Waals surface area contributed by atoms with Crippen molar-refractivity contribution in [2.24, 2.45) is 0 Å². The van der Waals surface area contributed by atoms with Crippen molar-refractivity contribution in [2.75, 3.05) is 51.7 Å². The van der Waals surface area contributed by atoms with Gasteiger partial charge in [-0.05, 0) is 25.1 Å². The Balaban J connectivity index is 2.21. The number of nitrogens with one attached hydrogen (secondary N) is 2. The van der Waals surface area contributed by atoms with Crippen LogP contribution in [-0.4, -0.2) is 76.0 Å². The smallest absolute Gasteiger partial charge is 0.243 e. The van der Waals surface area contributed by atoms with Crippen LogP contribution in [0.15, 0.2) is 23.1 Å². The third-order valence-electron chi connectivity index (χ3n) is 4.77. The van der Waals surface area contributed by atoms with Crippen LogP contribution in [0.4, 0.5) is 5.69 Å². The minimum atomic E-state index is -3.61. The molecule has 27 heavy (non-hydrogen) atoms. The number of carbonyl (C=O) groups excluding carboxylic acids is 1. The molecule has 9 heteroatoms. The third-order valence-corrected chi connectivity index (χ3v) is 6.82. The van der Waals surface area contributed by atoms with Crippen molar-refractivity contribution in [3.8, 4) is 5.75 Å². The fourth-order valence-corrected chi connectivity index (χ4v) is 4.63. The Morgan fingerprint density at radius 3 is 2.67 bits per heavy atom. The number of ether oxygens (including phenoxy) is 1. The summed E-state index contributed by atoms with van der Waals surface area (Å²) in [6.45, 7) is 9.15. The SMILES string of the molecule is CCN(CC)S(=O)(=O)c1ccc(OC)c(NC(=O)CN2CCNC[C@@H]2C)c1. The van der Waals surface area contributed by atoms with Gasteiger partial charge in [0.05, 0.1) is 24.2 Å². The number of hydrogen-bond acceptors (Lipinski definition) is 6. The molecule has 0 spiro atoms. The van der Waals surface area contributed by atoms with Crippen molar-refractivity contribution in [2.45, 2.75) is 31.7 Å². The Morgan fingerprint density at radius 1 is 1.37 bits per heavy atom. The van der Waals surface area contributed by atoms with Crippen molar-refractivity contribution in [1.29, 1.82) is 0 Å². The molecule has 1 aliphatic rings. The van der Waals surface area contributed by atoms with E-state index in [0.717, 1.165) is 19.6 Å². The zero-order valence-electron chi connectivity index (χ0n) is 16.5. The van der Waals surface area contributed by atoms with E-state index in [0.29, 0.717) is 24.5 Å². The van der Waals surface area contributed by atoms with Gasteiger partial charge < -0.3 is 15.4 Å². The lowest BCUT2D eigenvalue weighted by molar-refractivity contribution is -0.118. The Kier molecular flexibility index (Phi) is 7.60. The molecule has 2 N–H and O–H groups in total. The van der Waals surface area contributed by atoms with Gasteiger partial charge in [0.15, 0.2) is 0 Å². The van der Waals surface area contributed by atoms with Crippen LogP contribution in [0.3, 0.4) is 0 Å². The lowest BCUT2D eigenvalue weighted by atomic mass is 10.2. The van der Waals surface area contributed by atoms with Gasteiger partial charge in [-0.25, -0.2) is 8.42 Å². The van der Waals surface area contributed by atoms with E-state index in [4.69, 9.17) is 4.74 Å². The molecule has 0 aliphatic carbocycles. The number of amides is 1. The summed E-state index contributed by atoms with van der Waals surface area (Å²) in [6, 6.07) is 4.80. The summed E-state index contributed by atoms with van der Waals surface area (Å²) < 4.78 is 32.2. The maximum absolute atomic E-state index is 12.7. The first-order valence-electron chi connectivity index (χ1n) is 9.26. The van der Waals surface area contributed by atoms with Gasteiger partial charge >= 0.3 is 0 Å². The van der Waals surface area contributed by atoms with E-state index in [1.807, 2.05) is 0 Å². The number of hydrogen-bond donors (Lipinski definition) is 2. The topological polar surface area (TPSA) is 91.0 Å². The average molecular weight is 399 g/mol. The molecular formula is C18H30N4O4S. The summed E-state index contributed by atoms with van der Waals surface area (Å²) in [5.41, 5.74) is 0.360. The molecule has 0 saturated carbocycles. The average Bonchev–Trinajstić information content (AvgIpc) is 2.64. The highest BCUT2D eigenvalue weighted by Gasteiger charge is 2.24. The molecule has 1 atom stereocenters. The number of nitrogens with zero attached hydrogens (tertiary/aromatic N) is 2. The Morgan fingerprint density at radius 2 is 2.07 bits per heavy atom. The summed E-state index contributed by atoms with van der Waals surface area (Å²) in [7, 11) is -2.12. The normalized spacial score (nSPS) is 18.5. The van der Waals surface area contributed by atoms with Gasteiger partial charge in [0.2, 0.25) is 15.9 Å². The number of sulfonamides is 1. The highest BCUT2D eigenvalue weighted by Crippen LogP contribution is 2.29. The molecule has 8 nitrogen and oxygen atoms in total. The molecule has 1 aromatic carbocycles. The van der Waals surface area contributed by atoms with Crippen molar-refractivity contribution < 1.29 is 17.9 Å². The van der Waals surface area contributed by atoms with Gasteiger partial charge in [-0.3, -0.25) is 9.69 Å². The maximum Gasteiger partial charge on any atom is 0.243 e. The number of methoxy groups -OCH3 is 1. The van der Waals surface area contributed by atoms with E-state index in [1.165, 1.54) is 23.5 Å². The second-order valence-corrected chi connectivity index (χ2v) is 8.46. The van der Waals surface area contributed by atoms with Crippen LogP contribution >= 0.6 is 0 Å². The summed E-state index contributed by atoms with van der Waals surface area (Å²) >= 11 is 0. The van der Waals surface area contributed by atoms with Gasteiger partial charge in [-0.1, -0.05) is 13.8 Å². The second-order valence-electron chi connectivity index (χ2n) is 6.52. The molecule has 0 unspecified atom stereocenters. The largest absolute Gasteiger partial charge is 0.495 e. The predicted molar refractivity (Wildman–Crippen MR) is 106 cm³/mol. The van der Waals surface area contributed by atoms with Crippen LogP contribution in [0.25, 0.3) is 0 Å². The van der Waals surface area contributed by atoms with Crippen LogP contribution in [-0.2, 0) is 14.8 Å². The second kappa shape index (κ2) is 9.50. The molecule has 1 fully saturated rings. The molecule has 2 rings (SSSR count). The van der Waals surface area contributed by atoms with E-state index in [9.17, 15) is 13.2 Å². The summed E-state index contributed by atoms with van der Waals surface area (Å²) in [5.74, 6) is 0.231. The van der Waals surface area contributed by atoms with Crippen LogP contribution in [0.1, 0.15) is 20.8 Å². The molecule has 1 aromatic rings. The molecule has 1 heterocycles. The van der Waals surface area contributed by atoms with Crippen molar-refractivity contribution in [3.05, 3.63) is 18.2 Å². The number of piperazine rings is 1. The van der Waals surface area contributed by atoms with E-state index in [2.05, 4.69) is 22.5 Å². The first-order chi connectivity index (χ1) is 12.8. The van der Waals surface area contributed by atoms with Gasteiger partial charge in [-0.15, -0.1) is 0 Å². The fourth-order valence-electron chi connectivity index (χ4n) is 3.15. The zero-order chi connectivity index (χ0) is 20.0. The van der Waals surface area contributed by atoms with Crippen molar-refractivity contribution in [3.63, 3.8) is 0 Å². The van der Waals surface area contributed by atoms with Crippen LogP contribution in [0, 0.1) is 0 Å². The number of anilines is 1. The first kappa shape index (κ1) is 21.6. The summed E-state index contributed by atoms with van der Waals surface area (Å²) in [5, 5.41) is 6.09. The Bertz CT molecular complexity index is 750. The standard InChI is InChI=1S/C18H30N4O4S/c1-5-22(6-2)27(24,25)15-7-8-17(26-4)16(11-15)20-18(23)13-21-10-9-19-12-14(21)3/h7-8,11,14,19H,5-6,9-10,12-13H2,1-4H3,(H,20,23)/t14-/m0/s1. The number of benzene rings is 1. The van der Waals surface area contributed by atoms with Gasteiger partial charge in [0.1, 0.15) is 5.75 Å². The lowest BCUT2D eigenvalue weighted by Crippen LogP contribution is -2.52. The van der Waals surface area contributed by atoms with Crippen molar-refractivity contribution in [1.82, 2.24) is 14.5 Å². The Hall–Kier alpha value is -1.68. The first-order valence-corrected chi connectivity index (χ1v) is 10.7. The summed E-state index contributed by atoms with van der Waals surface area (Å²) in [6.07, 6.45) is 0. The molecule has 1 saturated heterocycles. The lowest BCUT2D eigenvalue weighted by Gasteiger charge is -2.33. The molecule has 152 valence electrons. The van der Waals surface area contributed by atoms with Crippen LogP contribution in [0.2, 0.25) is 0 Å². The molecule has 1 amide bonds. The number of rotatable bonds is 8. The molecule has 1 aliphatic heterocycles. The van der Waals surface area contributed by atoms with Crippen LogP contribution < -0.4 is 15.4 Å². The third kappa shape index (κ3) is 5.19. The minimum Gasteiger partial charge on any atom is -0.495 e. The molecule has 0 bridgehead atoms. The van der Waals surface area contributed by atoms with Gasteiger partial charge in [0, 0.05) is 38.8 Å². The van der Waals surface area contributed by atoms with E-state index in [-0.39, 0.29) is 23.4 Å². The highest BCUT2D eigenvalue weighted by atomic mass is 32.2. The summed E-state index contributed by atoms with van der Waals surface area (Å²) in [4.78, 5) is 14.7. The van der Waals surface area contributed by atoms with Crippen LogP contribution in [0.5, 0.6) is 5.75 Å².